The van der Waals surface area contributed by atoms with Gasteiger partial charge in [-0.2, -0.15) is 13.2 Å². The van der Waals surface area contributed by atoms with Gasteiger partial charge in [0.25, 0.3) is 12.3 Å². The van der Waals surface area contributed by atoms with E-state index in [0.29, 0.717) is 23.2 Å². The van der Waals surface area contributed by atoms with Gasteiger partial charge < -0.3 is 10.2 Å². The molecular formula is C29H29F5N2O3S. The molecule has 1 heterocycles. The summed E-state index contributed by atoms with van der Waals surface area (Å²) in [6.45, 7) is 1.75. The van der Waals surface area contributed by atoms with Crippen molar-refractivity contribution in [3.8, 4) is 0 Å². The lowest BCUT2D eigenvalue weighted by Crippen LogP contribution is -2.47. The number of nitrogens with one attached hydrogen (secondary N) is 1. The van der Waals surface area contributed by atoms with Gasteiger partial charge >= 0.3 is 6.18 Å². The largest absolute Gasteiger partial charge is 0.416 e. The van der Waals surface area contributed by atoms with E-state index in [9.17, 15) is 35.2 Å². The second kappa shape index (κ2) is 12.0. The van der Waals surface area contributed by atoms with Gasteiger partial charge in [0.1, 0.15) is 0 Å². The van der Waals surface area contributed by atoms with Crippen molar-refractivity contribution in [2.24, 2.45) is 0 Å². The van der Waals surface area contributed by atoms with Crippen molar-refractivity contribution >= 4 is 21.4 Å². The molecular weight excluding hydrogens is 551 g/mol. The molecule has 214 valence electrons. The highest BCUT2D eigenvalue weighted by molar-refractivity contribution is 7.91. The topological polar surface area (TPSA) is 66.5 Å². The van der Waals surface area contributed by atoms with Gasteiger partial charge in [0.05, 0.1) is 27.8 Å². The quantitative estimate of drug-likeness (QED) is 0.311. The summed E-state index contributed by atoms with van der Waals surface area (Å²) in [6.07, 6.45) is -6.69. The summed E-state index contributed by atoms with van der Waals surface area (Å²) in [6, 6.07) is 16.1. The van der Waals surface area contributed by atoms with Crippen LogP contribution in [0.4, 0.5) is 27.6 Å². The molecule has 11 heteroatoms. The Bertz CT molecular complexity index is 1430. The van der Waals surface area contributed by atoms with Gasteiger partial charge in [-0.15, -0.1) is 0 Å². The predicted molar refractivity (Wildman–Crippen MR) is 142 cm³/mol. The number of rotatable bonds is 8. The molecule has 3 aromatic rings. The number of anilines is 1. The number of hydrogen-bond acceptors (Lipinski definition) is 4. The Morgan fingerprint density at radius 2 is 1.62 bits per heavy atom. The minimum absolute atomic E-state index is 0.0320. The molecule has 0 saturated carbocycles. The van der Waals surface area contributed by atoms with Crippen LogP contribution in [0.1, 0.15) is 52.7 Å². The van der Waals surface area contributed by atoms with E-state index in [0.717, 1.165) is 12.1 Å². The van der Waals surface area contributed by atoms with Crippen LogP contribution in [0.3, 0.4) is 0 Å². The summed E-state index contributed by atoms with van der Waals surface area (Å²) in [5.41, 5.74) is 0.989. The monoisotopic (exact) mass is 580 g/mol. The summed E-state index contributed by atoms with van der Waals surface area (Å²) >= 11 is 0. The second-order valence-electron chi connectivity index (χ2n) is 9.70. The number of alkyl halides is 5. The van der Waals surface area contributed by atoms with Crippen molar-refractivity contribution in [2.75, 3.05) is 17.2 Å². The Balaban J connectivity index is 1.54. The van der Waals surface area contributed by atoms with Crippen LogP contribution in [0.2, 0.25) is 0 Å². The molecule has 1 amide bonds. The lowest BCUT2D eigenvalue weighted by molar-refractivity contribution is -0.137. The predicted octanol–water partition coefficient (Wildman–Crippen LogP) is 6.45. The molecule has 3 aromatic carbocycles. The van der Waals surface area contributed by atoms with Crippen LogP contribution in [0.25, 0.3) is 0 Å². The molecule has 1 N–H and O–H groups in total. The Hall–Kier alpha value is -3.47. The molecule has 4 rings (SSSR count). The maximum absolute atomic E-state index is 14.1. The second-order valence-corrected chi connectivity index (χ2v) is 12.0. The summed E-state index contributed by atoms with van der Waals surface area (Å²) in [7, 11) is -3.36. The lowest BCUT2D eigenvalue weighted by Gasteiger charge is -2.41. The summed E-state index contributed by atoms with van der Waals surface area (Å²) in [5, 5.41) is 2.77. The fourth-order valence-electron chi connectivity index (χ4n) is 4.92. The number of carbonyl (C=O) groups excluding carboxylic acids is 1. The number of para-hydroxylation sites is 1. The van der Waals surface area contributed by atoms with Crippen molar-refractivity contribution in [1.82, 2.24) is 5.32 Å². The highest BCUT2D eigenvalue weighted by Crippen LogP contribution is 2.38. The average molecular weight is 581 g/mol. The summed E-state index contributed by atoms with van der Waals surface area (Å²) in [5.74, 6) is -0.827. The summed E-state index contributed by atoms with van der Waals surface area (Å²) in [4.78, 5) is 14.8. The molecule has 0 spiro atoms. The Kier molecular flexibility index (Phi) is 8.82. The zero-order valence-corrected chi connectivity index (χ0v) is 22.5. The van der Waals surface area contributed by atoms with Gasteiger partial charge in [-0.1, -0.05) is 43.3 Å². The highest BCUT2D eigenvalue weighted by atomic mass is 32.2. The molecule has 1 aliphatic rings. The SMILES string of the molecule is CCS(=O)(=O)c1ccc(CNC(=O)c2ccccc2N2CC(c3ccc(C(F)(F)F)cc3)CC[C@H]2C(F)F)cc1. The zero-order valence-electron chi connectivity index (χ0n) is 21.7. The minimum atomic E-state index is -4.47. The molecule has 0 bridgehead atoms. The van der Waals surface area contributed by atoms with Crippen molar-refractivity contribution in [2.45, 2.75) is 55.8 Å². The molecule has 1 aliphatic heterocycles. The fourth-order valence-corrected chi connectivity index (χ4v) is 5.81. The van der Waals surface area contributed by atoms with Crippen molar-refractivity contribution in [3.63, 3.8) is 0 Å². The van der Waals surface area contributed by atoms with Crippen LogP contribution in [0, 0.1) is 0 Å². The Morgan fingerprint density at radius 1 is 0.975 bits per heavy atom. The van der Waals surface area contributed by atoms with Crippen LogP contribution in [-0.2, 0) is 22.6 Å². The van der Waals surface area contributed by atoms with Crippen molar-refractivity contribution < 1.29 is 35.2 Å². The van der Waals surface area contributed by atoms with E-state index in [2.05, 4.69) is 5.32 Å². The number of carbonyl (C=O) groups is 1. The Morgan fingerprint density at radius 3 is 2.23 bits per heavy atom. The van der Waals surface area contributed by atoms with Crippen LogP contribution in [-0.4, -0.2) is 39.1 Å². The number of piperidine rings is 1. The van der Waals surface area contributed by atoms with E-state index in [-0.39, 0.29) is 41.6 Å². The maximum atomic E-state index is 14.1. The summed E-state index contributed by atoms with van der Waals surface area (Å²) < 4.78 is 91.3. The van der Waals surface area contributed by atoms with E-state index in [1.54, 1.807) is 37.3 Å². The molecule has 40 heavy (non-hydrogen) atoms. The third kappa shape index (κ3) is 6.63. The molecule has 1 saturated heterocycles. The van der Waals surface area contributed by atoms with E-state index >= 15 is 0 Å². The van der Waals surface area contributed by atoms with Crippen LogP contribution < -0.4 is 10.2 Å². The minimum Gasteiger partial charge on any atom is -0.362 e. The van der Waals surface area contributed by atoms with Gasteiger partial charge in [0.15, 0.2) is 9.84 Å². The fraction of sp³-hybridized carbons (Fsp3) is 0.345. The van der Waals surface area contributed by atoms with Crippen molar-refractivity contribution in [3.05, 3.63) is 95.1 Å². The maximum Gasteiger partial charge on any atom is 0.416 e. The average Bonchev–Trinajstić information content (AvgIpc) is 2.95. The Labute approximate surface area is 229 Å². The van der Waals surface area contributed by atoms with Gasteiger partial charge in [-0.05, 0) is 60.4 Å². The standard InChI is InChI=1S/C29H29F5N2O3S/c1-2-40(38,39)23-14-7-19(8-15-23)17-35-28(37)24-5-3-4-6-25(24)36-18-21(11-16-26(36)27(30)31)20-9-12-22(13-10-20)29(32,33)34/h3-10,12-15,21,26-27H,2,11,16-18H2,1H3,(H,35,37)/t21?,26-/m0/s1. The molecule has 0 radical (unpaired) electrons. The lowest BCUT2D eigenvalue weighted by atomic mass is 9.86. The smallest absolute Gasteiger partial charge is 0.362 e. The third-order valence-corrected chi connectivity index (χ3v) is 8.95. The first kappa shape index (κ1) is 29.5. The van der Waals surface area contributed by atoms with Gasteiger partial charge in [0.2, 0.25) is 0 Å². The van der Waals surface area contributed by atoms with E-state index in [1.807, 2.05) is 0 Å². The first-order chi connectivity index (χ1) is 18.9. The molecule has 1 fully saturated rings. The molecule has 2 atom stereocenters. The normalized spacial score (nSPS) is 18.1. The highest BCUT2D eigenvalue weighted by Gasteiger charge is 2.37. The number of halogens is 5. The number of hydrogen-bond donors (Lipinski definition) is 1. The number of benzene rings is 3. The van der Waals surface area contributed by atoms with Gasteiger partial charge in [0, 0.05) is 24.7 Å². The third-order valence-electron chi connectivity index (χ3n) is 7.20. The molecule has 0 aromatic heterocycles. The molecule has 1 unspecified atom stereocenters. The van der Waals surface area contributed by atoms with Crippen LogP contribution in [0.15, 0.2) is 77.7 Å². The van der Waals surface area contributed by atoms with Crippen LogP contribution in [0.5, 0.6) is 0 Å². The van der Waals surface area contributed by atoms with Gasteiger partial charge in [-0.3, -0.25) is 4.79 Å². The van der Waals surface area contributed by atoms with E-state index in [4.69, 9.17) is 0 Å². The first-order valence-electron chi connectivity index (χ1n) is 12.8. The van der Waals surface area contributed by atoms with E-state index in [1.165, 1.54) is 35.2 Å². The number of sulfone groups is 1. The van der Waals surface area contributed by atoms with Gasteiger partial charge in [-0.25, -0.2) is 17.2 Å². The first-order valence-corrected chi connectivity index (χ1v) is 14.5. The van der Waals surface area contributed by atoms with Crippen molar-refractivity contribution in [1.29, 1.82) is 0 Å². The van der Waals surface area contributed by atoms with E-state index < -0.39 is 40.0 Å². The zero-order chi connectivity index (χ0) is 29.1. The number of amides is 1. The molecule has 0 aliphatic carbocycles. The molecule has 5 nitrogen and oxygen atoms in total. The number of nitrogens with zero attached hydrogens (tertiary/aromatic N) is 1. The van der Waals surface area contributed by atoms with Crippen LogP contribution >= 0.6 is 0 Å².